The first-order valence-corrected chi connectivity index (χ1v) is 4.35. The van der Waals surface area contributed by atoms with Crippen LogP contribution in [0.3, 0.4) is 0 Å². The van der Waals surface area contributed by atoms with Gasteiger partial charge in [0.15, 0.2) is 0 Å². The standard InChI is InChI=1S/C8H10N2O4/c11-7-5-4-10(8(12)13)3-1-2-6(5)14-9-7/h1-4H2,(H,9,11)(H,12,13). The molecule has 0 unspecified atom stereocenters. The third-order valence-electron chi connectivity index (χ3n) is 2.33. The van der Waals surface area contributed by atoms with Gasteiger partial charge in [-0.1, -0.05) is 0 Å². The van der Waals surface area contributed by atoms with Gasteiger partial charge in [0.1, 0.15) is 5.76 Å². The minimum atomic E-state index is -1.00. The van der Waals surface area contributed by atoms with Crippen molar-refractivity contribution in [2.75, 3.05) is 6.54 Å². The Bertz CT molecular complexity index is 406. The molecule has 1 aromatic rings. The molecule has 0 radical (unpaired) electrons. The van der Waals surface area contributed by atoms with Gasteiger partial charge in [-0.2, -0.15) is 5.16 Å². The number of aryl methyl sites for hydroxylation is 1. The normalized spacial score (nSPS) is 16.1. The number of nitrogens with zero attached hydrogens (tertiary/aromatic N) is 1. The summed E-state index contributed by atoms with van der Waals surface area (Å²) in [4.78, 5) is 23.2. The van der Waals surface area contributed by atoms with E-state index >= 15 is 0 Å². The second-order valence-electron chi connectivity index (χ2n) is 3.24. The first kappa shape index (κ1) is 8.86. The fraction of sp³-hybridized carbons (Fsp3) is 0.500. The highest BCUT2D eigenvalue weighted by atomic mass is 16.5. The van der Waals surface area contributed by atoms with Crippen LogP contribution in [0.5, 0.6) is 0 Å². The highest BCUT2D eigenvalue weighted by Crippen LogP contribution is 2.14. The average Bonchev–Trinajstić information content (AvgIpc) is 2.40. The maximum atomic E-state index is 11.2. The number of hydrogen-bond acceptors (Lipinski definition) is 3. The van der Waals surface area contributed by atoms with Crippen molar-refractivity contribution in [2.45, 2.75) is 19.4 Å². The van der Waals surface area contributed by atoms with Crippen LogP contribution in [0.15, 0.2) is 9.32 Å². The van der Waals surface area contributed by atoms with Crippen molar-refractivity contribution < 1.29 is 14.4 Å². The van der Waals surface area contributed by atoms with Crippen LogP contribution in [0.25, 0.3) is 0 Å². The van der Waals surface area contributed by atoms with Crippen LogP contribution in [-0.2, 0) is 13.0 Å². The van der Waals surface area contributed by atoms with E-state index in [2.05, 4.69) is 5.16 Å². The fourth-order valence-corrected chi connectivity index (χ4v) is 1.58. The number of fused-ring (bicyclic) bond motifs is 1. The van der Waals surface area contributed by atoms with Crippen LogP contribution >= 0.6 is 0 Å². The summed E-state index contributed by atoms with van der Waals surface area (Å²) < 4.78 is 4.94. The first-order chi connectivity index (χ1) is 6.68. The third-order valence-corrected chi connectivity index (χ3v) is 2.33. The molecule has 6 nitrogen and oxygen atoms in total. The van der Waals surface area contributed by atoms with Crippen LogP contribution in [0.1, 0.15) is 17.7 Å². The lowest BCUT2D eigenvalue weighted by atomic mass is 10.2. The van der Waals surface area contributed by atoms with Crippen molar-refractivity contribution >= 4 is 6.09 Å². The van der Waals surface area contributed by atoms with Crippen molar-refractivity contribution in [1.82, 2.24) is 10.1 Å². The Morgan fingerprint density at radius 2 is 2.36 bits per heavy atom. The molecule has 2 N–H and O–H groups in total. The lowest BCUT2D eigenvalue weighted by Gasteiger charge is -2.14. The maximum absolute atomic E-state index is 11.2. The number of aromatic nitrogens is 1. The number of H-pyrrole nitrogens is 1. The Morgan fingerprint density at radius 1 is 1.57 bits per heavy atom. The summed E-state index contributed by atoms with van der Waals surface area (Å²) in [7, 11) is 0. The molecule has 0 saturated carbocycles. The van der Waals surface area contributed by atoms with Crippen molar-refractivity contribution in [3.05, 3.63) is 21.7 Å². The Kier molecular flexibility index (Phi) is 2.03. The Hall–Kier alpha value is -1.72. The molecule has 0 fully saturated rings. The summed E-state index contributed by atoms with van der Waals surface area (Å²) in [6.07, 6.45) is 0.288. The summed E-state index contributed by atoms with van der Waals surface area (Å²) in [5.74, 6) is 0.582. The van der Waals surface area contributed by atoms with Crippen LogP contribution in [0, 0.1) is 0 Å². The molecule has 2 rings (SSSR count). The highest BCUT2D eigenvalue weighted by Gasteiger charge is 2.22. The summed E-state index contributed by atoms with van der Waals surface area (Å²) in [6, 6.07) is 0. The first-order valence-electron chi connectivity index (χ1n) is 4.35. The second-order valence-corrected chi connectivity index (χ2v) is 3.24. The molecule has 0 atom stereocenters. The monoisotopic (exact) mass is 198 g/mol. The predicted octanol–water partition coefficient (Wildman–Crippen LogP) is 0.394. The number of carbonyl (C=O) groups is 1. The van der Waals surface area contributed by atoms with E-state index in [4.69, 9.17) is 9.63 Å². The lowest BCUT2D eigenvalue weighted by molar-refractivity contribution is 0.143. The van der Waals surface area contributed by atoms with Crippen LogP contribution in [0.4, 0.5) is 4.79 Å². The molecule has 2 heterocycles. The molecule has 14 heavy (non-hydrogen) atoms. The molecular weight excluding hydrogens is 188 g/mol. The zero-order chi connectivity index (χ0) is 10.1. The summed E-state index contributed by atoms with van der Waals surface area (Å²) in [5, 5.41) is 11.0. The molecule has 0 aromatic carbocycles. The minimum Gasteiger partial charge on any atom is -0.465 e. The van der Waals surface area contributed by atoms with E-state index in [0.29, 0.717) is 30.7 Å². The molecular formula is C8H10N2O4. The van der Waals surface area contributed by atoms with Gasteiger partial charge in [0.2, 0.25) is 0 Å². The van der Waals surface area contributed by atoms with Gasteiger partial charge >= 0.3 is 6.09 Å². The van der Waals surface area contributed by atoms with Gasteiger partial charge in [0.25, 0.3) is 5.56 Å². The molecule has 6 heteroatoms. The smallest absolute Gasteiger partial charge is 0.407 e. The van der Waals surface area contributed by atoms with E-state index in [0.717, 1.165) is 0 Å². The average molecular weight is 198 g/mol. The third kappa shape index (κ3) is 1.39. The van der Waals surface area contributed by atoms with Crippen LogP contribution in [-0.4, -0.2) is 27.8 Å². The lowest BCUT2D eigenvalue weighted by Crippen LogP contribution is -2.30. The molecule has 0 spiro atoms. The van der Waals surface area contributed by atoms with E-state index in [1.807, 2.05) is 0 Å². The van der Waals surface area contributed by atoms with Gasteiger partial charge in [0, 0.05) is 13.0 Å². The SMILES string of the molecule is O=C(O)N1CCCc2o[nH]c(=O)c2C1. The van der Waals surface area contributed by atoms with Crippen LogP contribution in [0.2, 0.25) is 0 Å². The number of nitrogens with one attached hydrogen (secondary N) is 1. The largest absolute Gasteiger partial charge is 0.465 e. The molecule has 1 aliphatic heterocycles. The van der Waals surface area contributed by atoms with E-state index < -0.39 is 6.09 Å². The quantitative estimate of drug-likeness (QED) is 0.631. The molecule has 0 aliphatic carbocycles. The topological polar surface area (TPSA) is 86.5 Å². The Labute approximate surface area is 79.1 Å². The number of rotatable bonds is 0. The predicted molar refractivity (Wildman–Crippen MR) is 46.1 cm³/mol. The van der Waals surface area contributed by atoms with Crippen molar-refractivity contribution in [1.29, 1.82) is 0 Å². The van der Waals surface area contributed by atoms with Crippen LogP contribution < -0.4 is 5.56 Å². The van der Waals surface area contributed by atoms with Crippen molar-refractivity contribution in [3.8, 4) is 0 Å². The second kappa shape index (κ2) is 3.21. The van der Waals surface area contributed by atoms with E-state index in [1.54, 1.807) is 0 Å². The molecule has 76 valence electrons. The van der Waals surface area contributed by atoms with Gasteiger partial charge in [-0.05, 0) is 6.42 Å². The highest BCUT2D eigenvalue weighted by molar-refractivity contribution is 5.65. The number of carboxylic acid groups (broad SMARTS) is 1. The molecule has 1 aliphatic rings. The van der Waals surface area contributed by atoms with Crippen molar-refractivity contribution in [2.24, 2.45) is 0 Å². The van der Waals surface area contributed by atoms with Crippen molar-refractivity contribution in [3.63, 3.8) is 0 Å². The summed E-state index contributed by atoms with van der Waals surface area (Å²) in [5.41, 5.74) is 0.109. The zero-order valence-electron chi connectivity index (χ0n) is 7.45. The molecule has 0 saturated heterocycles. The number of hydrogen-bond donors (Lipinski definition) is 2. The Morgan fingerprint density at radius 3 is 3.07 bits per heavy atom. The van der Waals surface area contributed by atoms with E-state index in [9.17, 15) is 9.59 Å². The van der Waals surface area contributed by atoms with Gasteiger partial charge in [0.05, 0.1) is 12.1 Å². The minimum absolute atomic E-state index is 0.122. The van der Waals surface area contributed by atoms with Gasteiger partial charge in [-0.25, -0.2) is 4.79 Å². The summed E-state index contributed by atoms with van der Waals surface area (Å²) in [6.45, 7) is 0.565. The number of amides is 1. The summed E-state index contributed by atoms with van der Waals surface area (Å²) >= 11 is 0. The Balaban J connectivity index is 2.33. The van der Waals surface area contributed by atoms with Gasteiger partial charge in [-0.3, -0.25) is 4.79 Å². The van der Waals surface area contributed by atoms with Gasteiger partial charge in [-0.15, -0.1) is 0 Å². The zero-order valence-corrected chi connectivity index (χ0v) is 7.45. The van der Waals surface area contributed by atoms with E-state index in [1.165, 1.54) is 4.90 Å². The fourth-order valence-electron chi connectivity index (χ4n) is 1.58. The number of aromatic amines is 1. The molecule has 0 bridgehead atoms. The van der Waals surface area contributed by atoms with E-state index in [-0.39, 0.29) is 12.1 Å². The van der Waals surface area contributed by atoms with Gasteiger partial charge < -0.3 is 14.5 Å². The molecule has 1 aromatic heterocycles. The molecule has 1 amide bonds. The maximum Gasteiger partial charge on any atom is 0.407 e.